The van der Waals surface area contributed by atoms with Crippen molar-refractivity contribution in [2.45, 2.75) is 46.3 Å². The summed E-state index contributed by atoms with van der Waals surface area (Å²) >= 11 is 1.45. The van der Waals surface area contributed by atoms with Crippen molar-refractivity contribution < 1.29 is 9.53 Å². The van der Waals surface area contributed by atoms with E-state index in [9.17, 15) is 4.79 Å². The fraction of sp³-hybridized carbons (Fsp3) is 0.346. The minimum absolute atomic E-state index is 0.0776. The van der Waals surface area contributed by atoms with Gasteiger partial charge in [0.15, 0.2) is 0 Å². The third kappa shape index (κ3) is 5.96. The smallest absolute Gasteiger partial charge is 0.265 e. The molecular formula is C26H30N2O2S. The Morgan fingerprint density at radius 3 is 2.48 bits per heavy atom. The molecule has 1 saturated heterocycles. The van der Waals surface area contributed by atoms with Gasteiger partial charge in [0.2, 0.25) is 0 Å². The Labute approximate surface area is 188 Å². The van der Waals surface area contributed by atoms with E-state index in [4.69, 9.17) is 4.74 Å². The number of thiophene rings is 1. The number of likely N-dealkylation sites (tertiary alicyclic amines) is 1. The highest BCUT2D eigenvalue weighted by Crippen LogP contribution is 2.22. The van der Waals surface area contributed by atoms with E-state index in [-0.39, 0.29) is 5.91 Å². The summed E-state index contributed by atoms with van der Waals surface area (Å²) in [5.41, 5.74) is 5.59. The number of hydrogen-bond donors (Lipinski definition) is 1. The number of rotatable bonds is 7. The third-order valence-corrected chi connectivity index (χ3v) is 6.81. The second-order valence-corrected chi connectivity index (χ2v) is 9.25. The van der Waals surface area contributed by atoms with Crippen LogP contribution in [0.2, 0.25) is 0 Å². The van der Waals surface area contributed by atoms with Gasteiger partial charge < -0.3 is 10.1 Å². The molecule has 0 saturated carbocycles. The molecule has 1 fully saturated rings. The average Bonchev–Trinajstić information content (AvgIpc) is 3.26. The molecule has 2 heterocycles. The van der Waals surface area contributed by atoms with E-state index >= 15 is 0 Å². The average molecular weight is 435 g/mol. The fourth-order valence-electron chi connectivity index (χ4n) is 3.80. The van der Waals surface area contributed by atoms with Crippen molar-refractivity contribution in [3.63, 3.8) is 0 Å². The predicted molar refractivity (Wildman–Crippen MR) is 128 cm³/mol. The van der Waals surface area contributed by atoms with Crippen molar-refractivity contribution in [3.05, 3.63) is 81.0 Å². The topological polar surface area (TPSA) is 41.6 Å². The van der Waals surface area contributed by atoms with Gasteiger partial charge in [0.25, 0.3) is 5.91 Å². The van der Waals surface area contributed by atoms with Crippen LogP contribution < -0.4 is 10.1 Å². The number of carbonyl (C=O) groups excluding carboxylic acids is 1. The Bertz CT molecular complexity index is 1020. The molecule has 4 rings (SSSR count). The molecule has 3 aromatic rings. The van der Waals surface area contributed by atoms with Crippen molar-refractivity contribution in [1.29, 1.82) is 0 Å². The van der Waals surface area contributed by atoms with E-state index in [0.29, 0.717) is 11.5 Å². The van der Waals surface area contributed by atoms with Crippen molar-refractivity contribution in [1.82, 2.24) is 4.90 Å². The Balaban J connectivity index is 1.29. The number of nitrogens with zero attached hydrogens (tertiary/aromatic N) is 1. The summed E-state index contributed by atoms with van der Waals surface area (Å²) in [5.74, 6) is 0.774. The summed E-state index contributed by atoms with van der Waals surface area (Å²) in [7, 11) is 0. The lowest BCUT2D eigenvalue weighted by Crippen LogP contribution is -2.29. The van der Waals surface area contributed by atoms with Crippen LogP contribution in [-0.2, 0) is 13.2 Å². The SMILES string of the molecule is Cc1ccc(OCc2csc(C(=O)Nc3ccc(CN4CCCCC4)cc3)c2)cc1C. The summed E-state index contributed by atoms with van der Waals surface area (Å²) < 4.78 is 5.89. The van der Waals surface area contributed by atoms with Crippen molar-refractivity contribution in [3.8, 4) is 5.75 Å². The summed E-state index contributed by atoms with van der Waals surface area (Å²) in [4.78, 5) is 15.8. The maximum atomic E-state index is 12.6. The second-order valence-electron chi connectivity index (χ2n) is 8.34. The van der Waals surface area contributed by atoms with E-state index in [1.165, 1.54) is 60.4 Å². The first-order valence-electron chi connectivity index (χ1n) is 11.0. The normalized spacial score (nSPS) is 14.4. The molecule has 31 heavy (non-hydrogen) atoms. The van der Waals surface area contributed by atoms with Crippen LogP contribution in [-0.4, -0.2) is 23.9 Å². The molecule has 0 aliphatic carbocycles. The Hall–Kier alpha value is -2.63. The number of anilines is 1. The molecule has 0 spiro atoms. The van der Waals surface area contributed by atoms with Crippen LogP contribution in [0, 0.1) is 13.8 Å². The van der Waals surface area contributed by atoms with Crippen molar-refractivity contribution in [2.24, 2.45) is 0 Å². The highest BCUT2D eigenvalue weighted by molar-refractivity contribution is 7.12. The zero-order chi connectivity index (χ0) is 21.6. The van der Waals surface area contributed by atoms with Gasteiger partial charge in [0.05, 0.1) is 4.88 Å². The van der Waals surface area contributed by atoms with Gasteiger partial charge in [0, 0.05) is 17.8 Å². The Morgan fingerprint density at radius 2 is 1.74 bits per heavy atom. The van der Waals surface area contributed by atoms with Crippen LogP contribution in [0.15, 0.2) is 53.9 Å². The highest BCUT2D eigenvalue weighted by atomic mass is 32.1. The molecule has 1 N–H and O–H groups in total. The van der Waals surface area contributed by atoms with Crippen LogP contribution in [0.5, 0.6) is 5.75 Å². The number of aryl methyl sites for hydroxylation is 2. The molecule has 1 aromatic heterocycles. The quantitative estimate of drug-likeness (QED) is 0.483. The summed E-state index contributed by atoms with van der Waals surface area (Å²) in [6.45, 7) is 7.99. The second kappa shape index (κ2) is 10.1. The number of nitrogens with one attached hydrogen (secondary N) is 1. The van der Waals surface area contributed by atoms with Crippen LogP contribution >= 0.6 is 11.3 Å². The number of benzene rings is 2. The lowest BCUT2D eigenvalue weighted by molar-refractivity contribution is 0.103. The van der Waals surface area contributed by atoms with Gasteiger partial charge in [-0.05, 0) is 92.2 Å². The molecule has 0 atom stereocenters. The van der Waals surface area contributed by atoms with Crippen molar-refractivity contribution >= 4 is 22.9 Å². The molecule has 2 aromatic carbocycles. The van der Waals surface area contributed by atoms with Crippen LogP contribution in [0.4, 0.5) is 5.69 Å². The summed E-state index contributed by atoms with van der Waals surface area (Å²) in [5, 5.41) is 4.99. The molecule has 5 heteroatoms. The summed E-state index contributed by atoms with van der Waals surface area (Å²) in [6.07, 6.45) is 3.95. The largest absolute Gasteiger partial charge is 0.489 e. The molecule has 0 unspecified atom stereocenters. The lowest BCUT2D eigenvalue weighted by atomic mass is 10.1. The number of piperidine rings is 1. The number of ether oxygens (including phenoxy) is 1. The third-order valence-electron chi connectivity index (χ3n) is 5.83. The predicted octanol–water partition coefficient (Wildman–Crippen LogP) is 6.18. The van der Waals surface area contributed by atoms with E-state index < -0.39 is 0 Å². The monoisotopic (exact) mass is 434 g/mol. The fourth-order valence-corrected chi connectivity index (χ4v) is 4.59. The number of hydrogen-bond acceptors (Lipinski definition) is 4. The molecule has 1 aliphatic heterocycles. The van der Waals surface area contributed by atoms with Crippen LogP contribution in [0.3, 0.4) is 0 Å². The number of amides is 1. The minimum Gasteiger partial charge on any atom is -0.489 e. The lowest BCUT2D eigenvalue weighted by Gasteiger charge is -2.26. The van der Waals surface area contributed by atoms with Gasteiger partial charge in [-0.3, -0.25) is 9.69 Å². The van der Waals surface area contributed by atoms with Crippen LogP contribution in [0.25, 0.3) is 0 Å². The zero-order valence-corrected chi connectivity index (χ0v) is 19.1. The van der Waals surface area contributed by atoms with Crippen molar-refractivity contribution in [2.75, 3.05) is 18.4 Å². The summed E-state index contributed by atoms with van der Waals surface area (Å²) in [6, 6.07) is 16.2. The van der Waals surface area contributed by atoms with E-state index in [2.05, 4.69) is 42.3 Å². The molecule has 0 radical (unpaired) electrons. The highest BCUT2D eigenvalue weighted by Gasteiger charge is 2.12. The first-order chi connectivity index (χ1) is 15.1. The first-order valence-corrected chi connectivity index (χ1v) is 11.8. The Kier molecular flexibility index (Phi) is 7.05. The maximum Gasteiger partial charge on any atom is 0.265 e. The molecular weight excluding hydrogens is 404 g/mol. The Morgan fingerprint density at radius 1 is 0.968 bits per heavy atom. The van der Waals surface area contributed by atoms with Gasteiger partial charge in [0.1, 0.15) is 12.4 Å². The van der Waals surface area contributed by atoms with Gasteiger partial charge >= 0.3 is 0 Å². The first kappa shape index (κ1) is 21.6. The standard InChI is InChI=1S/C26H30N2O2S/c1-19-6-11-24(14-20(19)2)30-17-22-15-25(31-18-22)26(29)27-23-9-7-21(8-10-23)16-28-12-4-3-5-13-28/h6-11,14-15,18H,3-5,12-13,16-17H2,1-2H3,(H,27,29). The van der Waals surface area contributed by atoms with E-state index in [1.807, 2.05) is 35.7 Å². The van der Waals surface area contributed by atoms with E-state index in [0.717, 1.165) is 23.5 Å². The van der Waals surface area contributed by atoms with Gasteiger partial charge in [-0.2, -0.15) is 0 Å². The molecule has 4 nitrogen and oxygen atoms in total. The maximum absolute atomic E-state index is 12.6. The van der Waals surface area contributed by atoms with Gasteiger partial charge in [-0.1, -0.05) is 24.6 Å². The number of carbonyl (C=O) groups is 1. The van der Waals surface area contributed by atoms with Gasteiger partial charge in [-0.15, -0.1) is 11.3 Å². The zero-order valence-electron chi connectivity index (χ0n) is 18.3. The molecule has 1 aliphatic rings. The van der Waals surface area contributed by atoms with Gasteiger partial charge in [-0.25, -0.2) is 0 Å². The molecule has 1 amide bonds. The van der Waals surface area contributed by atoms with Crippen LogP contribution in [0.1, 0.15) is 51.2 Å². The molecule has 0 bridgehead atoms. The van der Waals surface area contributed by atoms with E-state index in [1.54, 1.807) is 0 Å². The molecule has 162 valence electrons. The minimum atomic E-state index is -0.0776.